The molecule has 1 fully saturated rings. The molecule has 5 rings (SSSR count). The summed E-state index contributed by atoms with van der Waals surface area (Å²) in [7, 11) is 0. The summed E-state index contributed by atoms with van der Waals surface area (Å²) in [4.78, 5) is 20.9. The molecule has 7 heteroatoms. The van der Waals surface area contributed by atoms with Crippen molar-refractivity contribution in [3.8, 4) is 22.5 Å². The van der Waals surface area contributed by atoms with Crippen LogP contribution in [-0.4, -0.2) is 25.5 Å². The number of nitrogens with zero attached hydrogens (tertiary/aromatic N) is 4. The van der Waals surface area contributed by atoms with E-state index >= 15 is 0 Å². The maximum absolute atomic E-state index is 14.5. The molecular weight excluding hydrogens is 369 g/mol. The summed E-state index contributed by atoms with van der Waals surface area (Å²) in [5, 5.41) is 7.27. The predicted molar refractivity (Wildman–Crippen MR) is 108 cm³/mol. The van der Waals surface area contributed by atoms with Gasteiger partial charge in [0.05, 0.1) is 5.56 Å². The Hall–Kier alpha value is -3.61. The molecule has 2 aromatic carbocycles. The fourth-order valence-corrected chi connectivity index (χ4v) is 3.36. The number of nitrogens with one attached hydrogen (secondary N) is 1. The van der Waals surface area contributed by atoms with Gasteiger partial charge in [-0.2, -0.15) is 4.98 Å². The van der Waals surface area contributed by atoms with Crippen molar-refractivity contribution in [2.45, 2.75) is 19.3 Å². The minimum absolute atomic E-state index is 0.0223. The highest BCUT2D eigenvalue weighted by Crippen LogP contribution is 2.29. The second-order valence-electron chi connectivity index (χ2n) is 7.20. The quantitative estimate of drug-likeness (QED) is 0.566. The summed E-state index contributed by atoms with van der Waals surface area (Å²) in [6, 6.07) is 14.2. The number of aromatic nitrogens is 4. The van der Waals surface area contributed by atoms with Gasteiger partial charge in [0, 0.05) is 29.6 Å². The van der Waals surface area contributed by atoms with Crippen LogP contribution in [0.5, 0.6) is 0 Å². The van der Waals surface area contributed by atoms with Crippen LogP contribution < -0.4 is 5.32 Å². The van der Waals surface area contributed by atoms with E-state index in [-0.39, 0.29) is 23.2 Å². The molecule has 144 valence electrons. The Kier molecular flexibility index (Phi) is 4.27. The third-order valence-electron chi connectivity index (χ3n) is 5.25. The molecule has 0 atom stereocenters. The SMILES string of the molecule is O=C(Nc1ccc(F)c(-c2nc3ncc(-c4ccccc4)cn3n2)c1)C1CCC1. The van der Waals surface area contributed by atoms with E-state index in [4.69, 9.17) is 0 Å². The highest BCUT2D eigenvalue weighted by Gasteiger charge is 2.25. The lowest BCUT2D eigenvalue weighted by Crippen LogP contribution is -2.28. The first-order chi connectivity index (χ1) is 14.2. The van der Waals surface area contributed by atoms with Gasteiger partial charge in [0.15, 0.2) is 5.82 Å². The maximum atomic E-state index is 14.5. The van der Waals surface area contributed by atoms with E-state index in [1.165, 1.54) is 10.6 Å². The van der Waals surface area contributed by atoms with Crippen molar-refractivity contribution in [3.63, 3.8) is 0 Å². The number of rotatable bonds is 4. The van der Waals surface area contributed by atoms with Crippen LogP contribution in [0.3, 0.4) is 0 Å². The zero-order chi connectivity index (χ0) is 19.8. The Bertz CT molecular complexity index is 1200. The van der Waals surface area contributed by atoms with E-state index in [2.05, 4.69) is 20.4 Å². The first kappa shape index (κ1) is 17.5. The topological polar surface area (TPSA) is 72.2 Å². The highest BCUT2D eigenvalue weighted by atomic mass is 19.1. The number of fused-ring (bicyclic) bond motifs is 1. The summed E-state index contributed by atoms with van der Waals surface area (Å²) in [6.07, 6.45) is 6.42. The van der Waals surface area contributed by atoms with Crippen LogP contribution in [0.15, 0.2) is 60.9 Å². The molecule has 0 spiro atoms. The Labute approximate surface area is 166 Å². The van der Waals surface area contributed by atoms with E-state index < -0.39 is 5.82 Å². The summed E-state index contributed by atoms with van der Waals surface area (Å²) in [6.45, 7) is 0. The van der Waals surface area contributed by atoms with Crippen LogP contribution in [0.2, 0.25) is 0 Å². The summed E-state index contributed by atoms with van der Waals surface area (Å²) < 4.78 is 16.0. The summed E-state index contributed by atoms with van der Waals surface area (Å²) >= 11 is 0. The monoisotopic (exact) mass is 387 g/mol. The first-order valence-electron chi connectivity index (χ1n) is 9.56. The van der Waals surface area contributed by atoms with Crippen LogP contribution >= 0.6 is 0 Å². The molecule has 1 amide bonds. The van der Waals surface area contributed by atoms with Crippen LogP contribution in [0, 0.1) is 11.7 Å². The number of benzene rings is 2. The van der Waals surface area contributed by atoms with Crippen molar-refractivity contribution in [1.29, 1.82) is 0 Å². The lowest BCUT2D eigenvalue weighted by Gasteiger charge is -2.24. The lowest BCUT2D eigenvalue weighted by molar-refractivity contribution is -0.122. The number of hydrogen-bond donors (Lipinski definition) is 1. The molecule has 0 bridgehead atoms. The third kappa shape index (κ3) is 3.35. The Morgan fingerprint density at radius 3 is 2.69 bits per heavy atom. The van der Waals surface area contributed by atoms with Crippen molar-refractivity contribution in [3.05, 3.63) is 66.7 Å². The fourth-order valence-electron chi connectivity index (χ4n) is 3.36. The smallest absolute Gasteiger partial charge is 0.252 e. The molecule has 1 N–H and O–H groups in total. The van der Waals surface area contributed by atoms with Gasteiger partial charge in [-0.15, -0.1) is 5.10 Å². The highest BCUT2D eigenvalue weighted by molar-refractivity contribution is 5.93. The van der Waals surface area contributed by atoms with Crippen molar-refractivity contribution < 1.29 is 9.18 Å². The van der Waals surface area contributed by atoms with E-state index in [0.29, 0.717) is 11.5 Å². The van der Waals surface area contributed by atoms with Crippen molar-refractivity contribution >= 4 is 17.4 Å². The minimum atomic E-state index is -0.453. The molecule has 4 aromatic rings. The van der Waals surface area contributed by atoms with Crippen molar-refractivity contribution in [2.24, 2.45) is 5.92 Å². The number of anilines is 1. The molecule has 1 saturated carbocycles. The van der Waals surface area contributed by atoms with Crippen molar-refractivity contribution in [2.75, 3.05) is 5.32 Å². The van der Waals surface area contributed by atoms with Crippen molar-refractivity contribution in [1.82, 2.24) is 19.6 Å². The molecule has 1 aliphatic rings. The van der Waals surface area contributed by atoms with Gasteiger partial charge >= 0.3 is 0 Å². The molecule has 2 aromatic heterocycles. The molecular formula is C22H18FN5O. The first-order valence-corrected chi connectivity index (χ1v) is 9.56. The predicted octanol–water partition coefficient (Wildman–Crippen LogP) is 4.34. The maximum Gasteiger partial charge on any atom is 0.252 e. The second-order valence-corrected chi connectivity index (χ2v) is 7.20. The minimum Gasteiger partial charge on any atom is -0.326 e. The number of carbonyl (C=O) groups is 1. The van der Waals surface area contributed by atoms with Crippen LogP contribution in [0.25, 0.3) is 28.3 Å². The zero-order valence-corrected chi connectivity index (χ0v) is 15.5. The summed E-state index contributed by atoms with van der Waals surface area (Å²) in [5.41, 5.74) is 2.65. The van der Waals surface area contributed by atoms with Crippen LogP contribution in [0.1, 0.15) is 19.3 Å². The molecule has 2 heterocycles. The number of hydrogen-bond acceptors (Lipinski definition) is 4. The van der Waals surface area contributed by atoms with Crippen LogP contribution in [0.4, 0.5) is 10.1 Å². The number of carbonyl (C=O) groups excluding carboxylic acids is 1. The Balaban J connectivity index is 1.48. The van der Waals surface area contributed by atoms with Gasteiger partial charge in [-0.05, 0) is 36.6 Å². The zero-order valence-electron chi connectivity index (χ0n) is 15.5. The largest absolute Gasteiger partial charge is 0.326 e. The number of halogens is 1. The average molecular weight is 387 g/mol. The Morgan fingerprint density at radius 2 is 1.93 bits per heavy atom. The molecule has 0 aliphatic heterocycles. The fraction of sp³-hybridized carbons (Fsp3) is 0.182. The van der Waals surface area contributed by atoms with E-state index in [9.17, 15) is 9.18 Å². The summed E-state index contributed by atoms with van der Waals surface area (Å²) in [5.74, 6) is 0.178. The van der Waals surface area contributed by atoms with Gasteiger partial charge in [-0.3, -0.25) is 4.79 Å². The molecule has 6 nitrogen and oxygen atoms in total. The standard InChI is InChI=1S/C22H18FN5O/c23-19-10-9-17(25-21(29)15-7-4-8-15)11-18(19)20-26-22-24-12-16(13-28(22)27-20)14-5-2-1-3-6-14/h1-3,5-6,9-13,15H,4,7-8H2,(H,25,29). The Morgan fingerprint density at radius 1 is 1.10 bits per heavy atom. The molecule has 0 unspecified atom stereocenters. The van der Waals surface area contributed by atoms with Gasteiger partial charge in [0.25, 0.3) is 5.78 Å². The van der Waals surface area contributed by atoms with Crippen LogP contribution in [-0.2, 0) is 4.79 Å². The molecule has 1 aliphatic carbocycles. The van der Waals surface area contributed by atoms with Gasteiger partial charge in [0.1, 0.15) is 5.82 Å². The normalized spacial score (nSPS) is 14.0. The third-order valence-corrected chi connectivity index (χ3v) is 5.25. The van der Waals surface area contributed by atoms with Gasteiger partial charge < -0.3 is 5.32 Å². The van der Waals surface area contributed by atoms with E-state index in [1.807, 2.05) is 36.5 Å². The molecule has 0 saturated heterocycles. The number of amides is 1. The van der Waals surface area contributed by atoms with Gasteiger partial charge in [-0.1, -0.05) is 36.8 Å². The lowest BCUT2D eigenvalue weighted by atomic mass is 9.85. The van der Waals surface area contributed by atoms with Gasteiger partial charge in [-0.25, -0.2) is 13.9 Å². The second kappa shape index (κ2) is 7.09. The van der Waals surface area contributed by atoms with Gasteiger partial charge in [0.2, 0.25) is 5.91 Å². The van der Waals surface area contributed by atoms with E-state index in [1.54, 1.807) is 18.3 Å². The average Bonchev–Trinajstić information content (AvgIpc) is 3.12. The van der Waals surface area contributed by atoms with E-state index in [0.717, 1.165) is 30.4 Å². The molecule has 0 radical (unpaired) electrons. The molecule has 29 heavy (non-hydrogen) atoms.